The minimum absolute atomic E-state index is 0.0433. The van der Waals surface area contributed by atoms with E-state index < -0.39 is 11.9 Å². The Bertz CT molecular complexity index is 905. The normalized spacial score (nSPS) is 18.9. The van der Waals surface area contributed by atoms with E-state index in [2.05, 4.69) is 15.9 Å². The Hall–Kier alpha value is -2.48. The van der Waals surface area contributed by atoms with E-state index >= 15 is 0 Å². The molecule has 8 heteroatoms. The lowest BCUT2D eigenvalue weighted by Gasteiger charge is -2.32. The second-order valence-corrected chi connectivity index (χ2v) is 7.47. The van der Waals surface area contributed by atoms with Crippen molar-refractivity contribution in [2.45, 2.75) is 39.0 Å². The first kappa shape index (κ1) is 21.2. The van der Waals surface area contributed by atoms with Gasteiger partial charge in [-0.1, -0.05) is 0 Å². The Balaban J connectivity index is 2.23. The van der Waals surface area contributed by atoms with Crippen LogP contribution in [0.25, 0.3) is 0 Å². The molecule has 0 saturated carbocycles. The zero-order valence-electron chi connectivity index (χ0n) is 16.7. The lowest BCUT2D eigenvalue weighted by molar-refractivity contribution is -0.136. The molecule has 0 unspecified atom stereocenters. The number of halogens is 1. The van der Waals surface area contributed by atoms with Gasteiger partial charge in [0.25, 0.3) is 0 Å². The maximum atomic E-state index is 12.8. The largest absolute Gasteiger partial charge is 0.490 e. The quantitative estimate of drug-likeness (QED) is 0.639. The SMILES string of the molecule is CCOc1cc([C@H]2C(C(=O)OC)=C(N)OC3=C2C(=O)CCC3)cc(Br)c1OCC. The summed E-state index contributed by atoms with van der Waals surface area (Å²) in [6.45, 7) is 4.64. The summed E-state index contributed by atoms with van der Waals surface area (Å²) in [4.78, 5) is 25.4. The molecule has 0 fully saturated rings. The van der Waals surface area contributed by atoms with Gasteiger partial charge in [0.1, 0.15) is 11.3 Å². The number of esters is 1. The van der Waals surface area contributed by atoms with Crippen LogP contribution in [0.5, 0.6) is 11.5 Å². The van der Waals surface area contributed by atoms with Crippen LogP contribution >= 0.6 is 15.9 Å². The third kappa shape index (κ3) is 3.99. The van der Waals surface area contributed by atoms with Crippen LogP contribution in [-0.4, -0.2) is 32.1 Å². The molecule has 1 aromatic carbocycles. The monoisotopic (exact) mass is 465 g/mol. The van der Waals surface area contributed by atoms with Crippen LogP contribution in [0.1, 0.15) is 44.6 Å². The zero-order chi connectivity index (χ0) is 21.1. The number of hydrogen-bond donors (Lipinski definition) is 1. The molecular weight excluding hydrogens is 442 g/mol. The Morgan fingerprint density at radius 1 is 1.24 bits per heavy atom. The van der Waals surface area contributed by atoms with Crippen LogP contribution in [0.15, 0.2) is 39.4 Å². The number of allylic oxidation sites excluding steroid dienone is 2. The highest BCUT2D eigenvalue weighted by molar-refractivity contribution is 9.10. The Morgan fingerprint density at radius 2 is 1.97 bits per heavy atom. The number of hydrogen-bond acceptors (Lipinski definition) is 7. The number of benzene rings is 1. The molecule has 7 nitrogen and oxygen atoms in total. The summed E-state index contributed by atoms with van der Waals surface area (Å²) in [5.41, 5.74) is 7.32. The molecule has 0 saturated heterocycles. The van der Waals surface area contributed by atoms with Gasteiger partial charge in [0, 0.05) is 18.4 Å². The zero-order valence-corrected chi connectivity index (χ0v) is 18.3. The third-order valence-corrected chi connectivity index (χ3v) is 5.43. The minimum Gasteiger partial charge on any atom is -0.490 e. The highest BCUT2D eigenvalue weighted by Gasteiger charge is 2.41. The van der Waals surface area contributed by atoms with Gasteiger partial charge in [-0.3, -0.25) is 4.79 Å². The Labute approximate surface area is 177 Å². The van der Waals surface area contributed by atoms with E-state index in [0.29, 0.717) is 65.3 Å². The average Bonchev–Trinajstić information content (AvgIpc) is 2.69. The summed E-state index contributed by atoms with van der Waals surface area (Å²) >= 11 is 3.53. The van der Waals surface area contributed by atoms with Gasteiger partial charge in [0.15, 0.2) is 17.3 Å². The molecule has 2 N–H and O–H groups in total. The number of Topliss-reactive ketones (excluding diaryl/α,β-unsaturated/α-hetero) is 1. The Kier molecular flexibility index (Phi) is 6.52. The molecular formula is C21H24BrNO6. The van der Waals surface area contributed by atoms with E-state index in [9.17, 15) is 9.59 Å². The smallest absolute Gasteiger partial charge is 0.340 e. The second-order valence-electron chi connectivity index (χ2n) is 6.61. The van der Waals surface area contributed by atoms with Gasteiger partial charge in [-0.05, 0) is 53.9 Å². The highest BCUT2D eigenvalue weighted by Crippen LogP contribution is 2.47. The fourth-order valence-electron chi connectivity index (χ4n) is 3.70. The van der Waals surface area contributed by atoms with Crippen molar-refractivity contribution in [3.63, 3.8) is 0 Å². The van der Waals surface area contributed by atoms with Crippen molar-refractivity contribution in [3.05, 3.63) is 45.0 Å². The lowest BCUT2D eigenvalue weighted by atomic mass is 9.77. The number of rotatable bonds is 6. The lowest BCUT2D eigenvalue weighted by Crippen LogP contribution is -2.31. The summed E-state index contributed by atoms with van der Waals surface area (Å²) in [5.74, 6) is 0.139. The average molecular weight is 466 g/mol. The highest BCUT2D eigenvalue weighted by atomic mass is 79.9. The van der Waals surface area contributed by atoms with Gasteiger partial charge < -0.3 is 24.7 Å². The minimum atomic E-state index is -0.704. The molecule has 2 aliphatic rings. The predicted molar refractivity (Wildman–Crippen MR) is 109 cm³/mol. The number of ether oxygens (including phenoxy) is 4. The van der Waals surface area contributed by atoms with Gasteiger partial charge in [-0.25, -0.2) is 4.79 Å². The van der Waals surface area contributed by atoms with Crippen molar-refractivity contribution < 1.29 is 28.5 Å². The van der Waals surface area contributed by atoms with Gasteiger partial charge in [0.2, 0.25) is 5.88 Å². The number of ketones is 1. The molecule has 1 aliphatic carbocycles. The summed E-state index contributed by atoms with van der Waals surface area (Å²) in [7, 11) is 1.27. The van der Waals surface area contributed by atoms with E-state index in [1.165, 1.54) is 7.11 Å². The second kappa shape index (κ2) is 8.90. The summed E-state index contributed by atoms with van der Waals surface area (Å²) in [6.07, 6.45) is 1.66. The number of nitrogens with two attached hydrogens (primary N) is 1. The first-order valence-corrected chi connectivity index (χ1v) is 10.3. The van der Waals surface area contributed by atoms with E-state index in [1.54, 1.807) is 6.07 Å². The number of methoxy groups -OCH3 is 1. The molecule has 0 bridgehead atoms. The molecule has 1 aliphatic heterocycles. The molecule has 3 rings (SSSR count). The van der Waals surface area contributed by atoms with Crippen molar-refractivity contribution in [2.75, 3.05) is 20.3 Å². The Morgan fingerprint density at radius 3 is 2.62 bits per heavy atom. The predicted octanol–water partition coefficient (Wildman–Crippen LogP) is 3.71. The maximum absolute atomic E-state index is 12.8. The van der Waals surface area contributed by atoms with E-state index in [1.807, 2.05) is 19.9 Å². The first-order chi connectivity index (χ1) is 13.9. The van der Waals surface area contributed by atoms with E-state index in [-0.39, 0.29) is 17.2 Å². The van der Waals surface area contributed by atoms with Crippen LogP contribution < -0.4 is 15.2 Å². The maximum Gasteiger partial charge on any atom is 0.340 e. The van der Waals surface area contributed by atoms with E-state index in [0.717, 1.165) is 0 Å². The fourth-order valence-corrected chi connectivity index (χ4v) is 4.27. The molecule has 1 heterocycles. The summed E-state index contributed by atoms with van der Waals surface area (Å²) in [5, 5.41) is 0. The standard InChI is InChI=1S/C21H24BrNO6/c1-4-27-15-10-11(9-12(22)19(15)28-5-2)16-17-13(24)7-6-8-14(17)29-20(23)18(16)21(25)26-3/h9-10,16H,4-8,23H2,1-3H3/t16-/m1/s1. The summed E-state index contributed by atoms with van der Waals surface area (Å²) < 4.78 is 22.7. The molecule has 0 radical (unpaired) electrons. The summed E-state index contributed by atoms with van der Waals surface area (Å²) in [6, 6.07) is 3.59. The number of carbonyl (C=O) groups excluding carboxylic acids is 2. The van der Waals surface area contributed by atoms with Gasteiger partial charge in [0.05, 0.1) is 30.7 Å². The van der Waals surface area contributed by atoms with Crippen LogP contribution in [0.2, 0.25) is 0 Å². The van der Waals surface area contributed by atoms with Crippen molar-refractivity contribution in [2.24, 2.45) is 5.73 Å². The third-order valence-electron chi connectivity index (χ3n) is 4.84. The van der Waals surface area contributed by atoms with Crippen molar-refractivity contribution >= 4 is 27.7 Å². The first-order valence-electron chi connectivity index (χ1n) is 9.53. The molecule has 29 heavy (non-hydrogen) atoms. The van der Waals surface area contributed by atoms with Gasteiger partial charge >= 0.3 is 5.97 Å². The molecule has 0 spiro atoms. The van der Waals surface area contributed by atoms with Crippen LogP contribution in [0, 0.1) is 0 Å². The molecule has 0 aromatic heterocycles. The molecule has 0 amide bonds. The molecule has 1 aromatic rings. The van der Waals surface area contributed by atoms with Crippen LogP contribution in [0.4, 0.5) is 0 Å². The topological polar surface area (TPSA) is 97.1 Å². The van der Waals surface area contributed by atoms with Gasteiger partial charge in [-0.15, -0.1) is 0 Å². The van der Waals surface area contributed by atoms with Crippen LogP contribution in [-0.2, 0) is 19.1 Å². The fraction of sp³-hybridized carbons (Fsp3) is 0.429. The van der Waals surface area contributed by atoms with Crippen molar-refractivity contribution in [3.8, 4) is 11.5 Å². The molecule has 1 atom stereocenters. The van der Waals surface area contributed by atoms with Crippen molar-refractivity contribution in [1.82, 2.24) is 0 Å². The molecule has 156 valence electrons. The van der Waals surface area contributed by atoms with Crippen LogP contribution in [0.3, 0.4) is 0 Å². The van der Waals surface area contributed by atoms with Crippen molar-refractivity contribution in [1.29, 1.82) is 0 Å². The number of carbonyl (C=O) groups is 2. The van der Waals surface area contributed by atoms with E-state index in [4.69, 9.17) is 24.7 Å². The van der Waals surface area contributed by atoms with Gasteiger partial charge in [-0.2, -0.15) is 0 Å².